The van der Waals surface area contributed by atoms with E-state index in [-0.39, 0.29) is 5.41 Å². The Labute approximate surface area is 147 Å². The number of aromatic nitrogens is 2. The summed E-state index contributed by atoms with van der Waals surface area (Å²) in [5.74, 6) is 1.62. The molecular formula is C19H24N4O2. The lowest BCUT2D eigenvalue weighted by atomic mass is 9.77. The summed E-state index contributed by atoms with van der Waals surface area (Å²) in [7, 11) is 1.91. The number of carbonyl (C=O) groups excluding carboxylic acids is 1. The lowest BCUT2D eigenvalue weighted by Crippen LogP contribution is -2.43. The predicted octanol–water partition coefficient (Wildman–Crippen LogP) is 2.49. The van der Waals surface area contributed by atoms with Crippen molar-refractivity contribution >= 4 is 5.91 Å². The first-order valence-corrected chi connectivity index (χ1v) is 8.94. The predicted molar refractivity (Wildman–Crippen MR) is 93.7 cm³/mol. The summed E-state index contributed by atoms with van der Waals surface area (Å²) in [6, 6.07) is 8.05. The molecule has 0 radical (unpaired) electrons. The molecule has 1 aromatic heterocycles. The van der Waals surface area contributed by atoms with Crippen LogP contribution in [0, 0.1) is 12.3 Å². The molecule has 2 aromatic rings. The second-order valence-electron chi connectivity index (χ2n) is 7.36. The molecular weight excluding hydrogens is 316 g/mol. The number of likely N-dealkylation sites (tertiary alicyclic amines) is 2. The minimum atomic E-state index is -0.119. The van der Waals surface area contributed by atoms with Crippen LogP contribution in [-0.2, 0) is 11.3 Å². The van der Waals surface area contributed by atoms with Crippen molar-refractivity contribution in [1.82, 2.24) is 19.9 Å². The second-order valence-corrected chi connectivity index (χ2v) is 7.36. The Hall–Kier alpha value is -2.21. The highest BCUT2D eigenvalue weighted by atomic mass is 16.5. The summed E-state index contributed by atoms with van der Waals surface area (Å²) in [5.41, 5.74) is 2.03. The van der Waals surface area contributed by atoms with Crippen LogP contribution >= 0.6 is 0 Å². The molecule has 0 saturated carbocycles. The first-order valence-electron chi connectivity index (χ1n) is 8.94. The van der Waals surface area contributed by atoms with E-state index in [2.05, 4.69) is 15.0 Å². The van der Waals surface area contributed by atoms with Crippen LogP contribution in [0.5, 0.6) is 0 Å². The summed E-state index contributed by atoms with van der Waals surface area (Å²) < 4.78 is 5.45. The van der Waals surface area contributed by atoms with Gasteiger partial charge in [-0.1, -0.05) is 29.4 Å². The Morgan fingerprint density at radius 1 is 1.16 bits per heavy atom. The molecule has 1 aromatic carbocycles. The Morgan fingerprint density at radius 3 is 2.56 bits per heavy atom. The molecule has 6 heteroatoms. The topological polar surface area (TPSA) is 62.5 Å². The zero-order valence-corrected chi connectivity index (χ0v) is 14.9. The molecule has 0 atom stereocenters. The first-order chi connectivity index (χ1) is 12.1. The van der Waals surface area contributed by atoms with Gasteiger partial charge in [-0.2, -0.15) is 4.98 Å². The Bertz CT molecular complexity index is 777. The average molecular weight is 340 g/mol. The highest BCUT2D eigenvalue weighted by molar-refractivity contribution is 5.84. The third kappa shape index (κ3) is 2.95. The van der Waals surface area contributed by atoms with Crippen molar-refractivity contribution in [3.63, 3.8) is 0 Å². The largest absolute Gasteiger partial charge is 0.345 e. The van der Waals surface area contributed by atoms with Crippen molar-refractivity contribution < 1.29 is 9.32 Å². The summed E-state index contributed by atoms with van der Waals surface area (Å²) in [6.07, 6.45) is 2.85. The lowest BCUT2D eigenvalue weighted by molar-refractivity contribution is -0.137. The molecule has 0 bridgehead atoms. The fourth-order valence-electron chi connectivity index (χ4n) is 4.04. The van der Waals surface area contributed by atoms with Crippen molar-refractivity contribution in [3.05, 3.63) is 35.7 Å². The molecule has 3 heterocycles. The molecule has 25 heavy (non-hydrogen) atoms. The minimum Gasteiger partial charge on any atom is -0.345 e. The SMILES string of the molecule is Cc1ccccc1-c1noc(CN2CCC3(CC2)CCN(C)C3=O)n1. The molecule has 0 unspecified atom stereocenters. The summed E-state index contributed by atoms with van der Waals surface area (Å²) >= 11 is 0. The van der Waals surface area contributed by atoms with Crippen molar-refractivity contribution in [2.45, 2.75) is 32.7 Å². The van der Waals surface area contributed by atoms with Crippen LogP contribution in [0.25, 0.3) is 11.4 Å². The number of piperidine rings is 1. The number of benzene rings is 1. The van der Waals surface area contributed by atoms with Crippen LogP contribution in [0.1, 0.15) is 30.7 Å². The van der Waals surface area contributed by atoms with E-state index in [0.29, 0.717) is 24.2 Å². The Balaban J connectivity index is 1.40. The van der Waals surface area contributed by atoms with E-state index < -0.39 is 0 Å². The highest BCUT2D eigenvalue weighted by Crippen LogP contribution is 2.41. The minimum absolute atomic E-state index is 0.119. The van der Waals surface area contributed by atoms with Gasteiger partial charge in [0.15, 0.2) is 0 Å². The monoisotopic (exact) mass is 340 g/mol. The molecule has 0 N–H and O–H groups in total. The quantitative estimate of drug-likeness (QED) is 0.859. The van der Waals surface area contributed by atoms with E-state index >= 15 is 0 Å². The van der Waals surface area contributed by atoms with E-state index in [1.54, 1.807) is 0 Å². The van der Waals surface area contributed by atoms with Crippen LogP contribution < -0.4 is 0 Å². The van der Waals surface area contributed by atoms with Crippen LogP contribution in [0.3, 0.4) is 0 Å². The van der Waals surface area contributed by atoms with Gasteiger partial charge in [-0.05, 0) is 44.8 Å². The molecule has 2 saturated heterocycles. The number of hydrogen-bond acceptors (Lipinski definition) is 5. The number of aryl methyl sites for hydroxylation is 1. The lowest BCUT2D eigenvalue weighted by Gasteiger charge is -2.37. The van der Waals surface area contributed by atoms with Gasteiger partial charge < -0.3 is 9.42 Å². The highest BCUT2D eigenvalue weighted by Gasteiger charge is 2.46. The van der Waals surface area contributed by atoms with Gasteiger partial charge in [-0.25, -0.2) is 0 Å². The van der Waals surface area contributed by atoms with Crippen molar-refractivity contribution in [2.75, 3.05) is 26.7 Å². The molecule has 132 valence electrons. The van der Waals surface area contributed by atoms with Gasteiger partial charge in [0.1, 0.15) is 0 Å². The summed E-state index contributed by atoms with van der Waals surface area (Å²) in [6.45, 7) is 5.40. The maximum atomic E-state index is 12.4. The number of rotatable bonds is 3. The molecule has 6 nitrogen and oxygen atoms in total. The molecule has 1 amide bonds. The fourth-order valence-corrected chi connectivity index (χ4v) is 4.04. The molecule has 0 aliphatic carbocycles. The Kier molecular flexibility index (Phi) is 4.07. The number of hydrogen-bond donors (Lipinski definition) is 0. The number of nitrogens with zero attached hydrogens (tertiary/aromatic N) is 4. The zero-order valence-electron chi connectivity index (χ0n) is 14.9. The van der Waals surface area contributed by atoms with Gasteiger partial charge in [-0.3, -0.25) is 9.69 Å². The van der Waals surface area contributed by atoms with Gasteiger partial charge in [0.25, 0.3) is 0 Å². The van der Waals surface area contributed by atoms with E-state index in [9.17, 15) is 4.79 Å². The zero-order chi connectivity index (χ0) is 17.4. The molecule has 1 spiro atoms. The van der Waals surface area contributed by atoms with Gasteiger partial charge in [0.05, 0.1) is 12.0 Å². The van der Waals surface area contributed by atoms with Crippen LogP contribution in [0.2, 0.25) is 0 Å². The van der Waals surface area contributed by atoms with Crippen molar-refractivity contribution in [2.24, 2.45) is 5.41 Å². The van der Waals surface area contributed by atoms with E-state index in [1.807, 2.05) is 43.1 Å². The fraction of sp³-hybridized carbons (Fsp3) is 0.526. The van der Waals surface area contributed by atoms with Gasteiger partial charge in [0, 0.05) is 19.2 Å². The third-order valence-corrected chi connectivity index (χ3v) is 5.75. The maximum absolute atomic E-state index is 12.4. The van der Waals surface area contributed by atoms with Crippen LogP contribution in [-0.4, -0.2) is 52.5 Å². The van der Waals surface area contributed by atoms with E-state index in [1.165, 1.54) is 0 Å². The van der Waals surface area contributed by atoms with E-state index in [0.717, 1.165) is 50.0 Å². The second kappa shape index (κ2) is 6.26. The average Bonchev–Trinajstić information content (AvgIpc) is 3.18. The third-order valence-electron chi connectivity index (χ3n) is 5.75. The van der Waals surface area contributed by atoms with Crippen LogP contribution in [0.15, 0.2) is 28.8 Å². The number of carbonyl (C=O) groups is 1. The van der Waals surface area contributed by atoms with Crippen molar-refractivity contribution in [3.8, 4) is 11.4 Å². The van der Waals surface area contributed by atoms with Gasteiger partial charge >= 0.3 is 0 Å². The van der Waals surface area contributed by atoms with Crippen LogP contribution in [0.4, 0.5) is 0 Å². The van der Waals surface area contributed by atoms with Gasteiger partial charge in [0.2, 0.25) is 17.6 Å². The molecule has 2 aliphatic heterocycles. The number of amides is 1. The van der Waals surface area contributed by atoms with Crippen molar-refractivity contribution in [1.29, 1.82) is 0 Å². The first kappa shape index (κ1) is 16.3. The molecule has 4 rings (SSSR count). The van der Waals surface area contributed by atoms with Gasteiger partial charge in [-0.15, -0.1) is 0 Å². The standard InChI is InChI=1S/C19H24N4O2/c1-14-5-3-4-6-15(14)17-20-16(25-21-17)13-23-11-8-19(9-12-23)7-10-22(2)18(19)24/h3-6H,7-13H2,1-2H3. The van der Waals surface area contributed by atoms with E-state index in [4.69, 9.17) is 4.52 Å². The molecule has 2 fully saturated rings. The Morgan fingerprint density at radius 2 is 1.88 bits per heavy atom. The normalized spacial score (nSPS) is 20.6. The summed E-state index contributed by atoms with van der Waals surface area (Å²) in [5, 5.41) is 4.13. The maximum Gasteiger partial charge on any atom is 0.241 e. The smallest absolute Gasteiger partial charge is 0.241 e. The molecule has 2 aliphatic rings. The summed E-state index contributed by atoms with van der Waals surface area (Å²) in [4.78, 5) is 21.2.